The lowest BCUT2D eigenvalue weighted by atomic mass is 10.2. The van der Waals surface area contributed by atoms with Crippen LogP contribution in [0.2, 0.25) is 0 Å². The van der Waals surface area contributed by atoms with Gasteiger partial charge in [0.1, 0.15) is 16.9 Å². The van der Waals surface area contributed by atoms with Crippen LogP contribution in [-0.2, 0) is 14.6 Å². The molecule has 0 radical (unpaired) electrons. The highest BCUT2D eigenvalue weighted by molar-refractivity contribution is 9.10. The van der Waals surface area contributed by atoms with E-state index in [0.29, 0.717) is 26.2 Å². The second-order valence-corrected chi connectivity index (χ2v) is 9.47. The Balaban J connectivity index is 1.66. The molecule has 27 heavy (non-hydrogen) atoms. The molecule has 2 heterocycles. The normalized spacial score (nSPS) is 16.3. The van der Waals surface area contributed by atoms with Crippen LogP contribution < -0.4 is 4.90 Å². The minimum Gasteiger partial charge on any atom is -0.353 e. The van der Waals surface area contributed by atoms with Gasteiger partial charge in [-0.2, -0.15) is 0 Å². The van der Waals surface area contributed by atoms with Gasteiger partial charge in [-0.25, -0.2) is 17.8 Å². The van der Waals surface area contributed by atoms with Crippen molar-refractivity contribution in [3.8, 4) is 0 Å². The summed E-state index contributed by atoms with van der Waals surface area (Å²) in [7, 11) is -3.86. The Labute approximate surface area is 166 Å². The molecule has 0 aliphatic carbocycles. The second-order valence-electron chi connectivity index (χ2n) is 6.29. The lowest BCUT2D eigenvalue weighted by molar-refractivity contribution is -0.130. The van der Waals surface area contributed by atoms with E-state index in [1.165, 1.54) is 19.1 Å². The van der Waals surface area contributed by atoms with Gasteiger partial charge >= 0.3 is 0 Å². The molecule has 1 aliphatic rings. The number of hydrogen-bond acceptors (Lipinski definition) is 5. The molecule has 0 spiro atoms. The Kier molecular flexibility index (Phi) is 5.81. The molecule has 0 saturated carbocycles. The van der Waals surface area contributed by atoms with E-state index in [1.807, 2.05) is 12.1 Å². The molecular formula is C18H19BrFN3O3S. The lowest BCUT2D eigenvalue weighted by Crippen LogP contribution is -2.52. The van der Waals surface area contributed by atoms with Crippen LogP contribution in [0.4, 0.5) is 10.2 Å². The van der Waals surface area contributed by atoms with Crippen molar-refractivity contribution in [2.45, 2.75) is 17.1 Å². The molecule has 1 aromatic carbocycles. The second kappa shape index (κ2) is 7.93. The molecular weight excluding hydrogens is 437 g/mol. The number of carbonyl (C=O) groups excluding carboxylic acids is 1. The van der Waals surface area contributed by atoms with Crippen molar-refractivity contribution in [3.05, 3.63) is 52.9 Å². The van der Waals surface area contributed by atoms with Crippen LogP contribution in [0.3, 0.4) is 0 Å². The van der Waals surface area contributed by atoms with Crippen LogP contribution in [0.5, 0.6) is 0 Å². The molecule has 1 fully saturated rings. The van der Waals surface area contributed by atoms with Crippen molar-refractivity contribution >= 4 is 37.5 Å². The van der Waals surface area contributed by atoms with Crippen LogP contribution in [0.1, 0.15) is 6.92 Å². The van der Waals surface area contributed by atoms with Crippen LogP contribution in [-0.4, -0.2) is 55.6 Å². The first kappa shape index (κ1) is 19.8. The van der Waals surface area contributed by atoms with Gasteiger partial charge in [-0.05, 0) is 59.3 Å². The first-order valence-corrected chi connectivity index (χ1v) is 10.8. The maximum Gasteiger partial charge on any atom is 0.241 e. The number of amides is 1. The number of carbonyl (C=O) groups is 1. The minimum absolute atomic E-state index is 0.0533. The number of anilines is 1. The summed E-state index contributed by atoms with van der Waals surface area (Å²) in [6, 6.07) is 8.32. The van der Waals surface area contributed by atoms with Crippen molar-refractivity contribution in [1.29, 1.82) is 0 Å². The fourth-order valence-electron chi connectivity index (χ4n) is 2.93. The number of benzene rings is 1. The van der Waals surface area contributed by atoms with E-state index >= 15 is 0 Å². The molecule has 1 aliphatic heterocycles. The lowest BCUT2D eigenvalue weighted by Gasteiger charge is -2.36. The molecule has 1 atom stereocenters. The van der Waals surface area contributed by atoms with Gasteiger partial charge < -0.3 is 9.80 Å². The molecule has 9 heteroatoms. The Morgan fingerprint density at radius 2 is 1.74 bits per heavy atom. The first-order valence-electron chi connectivity index (χ1n) is 8.44. The van der Waals surface area contributed by atoms with E-state index < -0.39 is 26.8 Å². The van der Waals surface area contributed by atoms with Crippen LogP contribution in [0, 0.1) is 5.82 Å². The predicted octanol–water partition coefficient (Wildman–Crippen LogP) is 2.49. The summed E-state index contributed by atoms with van der Waals surface area (Å²) in [5.74, 6) is -0.148. The third kappa shape index (κ3) is 4.30. The summed E-state index contributed by atoms with van der Waals surface area (Å²) in [6.45, 7) is 3.36. The average Bonchev–Trinajstić information content (AvgIpc) is 2.68. The zero-order chi connectivity index (χ0) is 19.6. The zero-order valence-corrected chi connectivity index (χ0v) is 17.1. The van der Waals surface area contributed by atoms with Crippen molar-refractivity contribution in [3.63, 3.8) is 0 Å². The monoisotopic (exact) mass is 455 g/mol. The maximum absolute atomic E-state index is 13.0. The topological polar surface area (TPSA) is 70.6 Å². The highest BCUT2D eigenvalue weighted by Crippen LogP contribution is 2.20. The molecule has 0 bridgehead atoms. The van der Waals surface area contributed by atoms with Gasteiger partial charge in [0.2, 0.25) is 5.91 Å². The Hall–Kier alpha value is -2.00. The number of sulfone groups is 1. The molecule has 1 aromatic heterocycles. The van der Waals surface area contributed by atoms with E-state index in [2.05, 4.69) is 25.8 Å². The Bertz CT molecular complexity index is 912. The molecule has 3 rings (SSSR count). The molecule has 1 amide bonds. The molecule has 6 nitrogen and oxygen atoms in total. The minimum atomic E-state index is -3.86. The van der Waals surface area contributed by atoms with Crippen LogP contribution in [0.15, 0.2) is 52.0 Å². The van der Waals surface area contributed by atoms with E-state index in [9.17, 15) is 17.6 Å². The number of halogens is 2. The summed E-state index contributed by atoms with van der Waals surface area (Å²) < 4.78 is 39.2. The zero-order valence-electron chi connectivity index (χ0n) is 14.7. The van der Waals surface area contributed by atoms with Crippen LogP contribution in [0.25, 0.3) is 0 Å². The SMILES string of the molecule is CC(C(=O)N1CCN(c2ccc(Br)cn2)CC1)S(=O)(=O)c1ccc(F)cc1. The van der Waals surface area contributed by atoms with Gasteiger partial charge in [-0.3, -0.25) is 4.79 Å². The average molecular weight is 456 g/mol. The standard InChI is InChI=1S/C18H19BrFN3O3S/c1-13(27(25,26)16-5-3-15(20)4-6-16)18(24)23-10-8-22(9-11-23)17-7-2-14(19)12-21-17/h2-7,12-13H,8-11H2,1H3. The molecule has 2 aromatic rings. The largest absolute Gasteiger partial charge is 0.353 e. The van der Waals surface area contributed by atoms with Gasteiger partial charge in [0.25, 0.3) is 0 Å². The predicted molar refractivity (Wildman–Crippen MR) is 104 cm³/mol. The third-order valence-electron chi connectivity index (χ3n) is 4.58. The highest BCUT2D eigenvalue weighted by atomic mass is 79.9. The molecule has 1 saturated heterocycles. The van der Waals surface area contributed by atoms with Gasteiger partial charge in [-0.1, -0.05) is 0 Å². The fraction of sp³-hybridized carbons (Fsp3) is 0.333. The summed E-state index contributed by atoms with van der Waals surface area (Å²) in [5.41, 5.74) is 0. The molecule has 0 N–H and O–H groups in total. The van der Waals surface area contributed by atoms with Gasteiger partial charge in [-0.15, -0.1) is 0 Å². The number of aromatic nitrogens is 1. The quantitative estimate of drug-likeness (QED) is 0.662. The van der Waals surface area contributed by atoms with E-state index in [1.54, 1.807) is 11.1 Å². The van der Waals surface area contributed by atoms with E-state index in [4.69, 9.17) is 0 Å². The van der Waals surface area contributed by atoms with Crippen LogP contribution >= 0.6 is 15.9 Å². The summed E-state index contributed by atoms with van der Waals surface area (Å²) in [4.78, 5) is 20.6. The highest BCUT2D eigenvalue weighted by Gasteiger charge is 2.34. The third-order valence-corrected chi connectivity index (χ3v) is 7.11. The Morgan fingerprint density at radius 3 is 2.30 bits per heavy atom. The summed E-state index contributed by atoms with van der Waals surface area (Å²) in [6.07, 6.45) is 1.71. The fourth-order valence-corrected chi connectivity index (χ4v) is 4.50. The van der Waals surface area contributed by atoms with Crippen molar-refractivity contribution in [2.24, 2.45) is 0 Å². The van der Waals surface area contributed by atoms with Crippen molar-refractivity contribution in [2.75, 3.05) is 31.1 Å². The number of piperazine rings is 1. The van der Waals surface area contributed by atoms with Gasteiger partial charge in [0, 0.05) is 36.8 Å². The number of nitrogens with zero attached hydrogens (tertiary/aromatic N) is 3. The maximum atomic E-state index is 13.0. The summed E-state index contributed by atoms with van der Waals surface area (Å²) in [5, 5.41) is -1.22. The van der Waals surface area contributed by atoms with Crippen molar-refractivity contribution < 1.29 is 17.6 Å². The molecule has 144 valence electrons. The number of pyridine rings is 1. The van der Waals surface area contributed by atoms with Gasteiger partial charge in [0.15, 0.2) is 9.84 Å². The first-order chi connectivity index (χ1) is 12.8. The van der Waals surface area contributed by atoms with Gasteiger partial charge in [0.05, 0.1) is 4.90 Å². The summed E-state index contributed by atoms with van der Waals surface area (Å²) >= 11 is 3.34. The molecule has 1 unspecified atom stereocenters. The van der Waals surface area contributed by atoms with Crippen molar-refractivity contribution in [1.82, 2.24) is 9.88 Å². The van der Waals surface area contributed by atoms with E-state index in [-0.39, 0.29) is 4.90 Å². The Morgan fingerprint density at radius 1 is 1.11 bits per heavy atom. The number of hydrogen-bond donors (Lipinski definition) is 0. The smallest absolute Gasteiger partial charge is 0.241 e. The van der Waals surface area contributed by atoms with E-state index in [0.717, 1.165) is 22.4 Å². The number of rotatable bonds is 4.